The molecule has 0 fully saturated rings. The molecule has 6 nitrogen and oxygen atoms in total. The van der Waals surface area contributed by atoms with E-state index in [1.165, 1.54) is 31.2 Å². The average molecular weight is 380 g/mol. The van der Waals surface area contributed by atoms with Crippen LogP contribution in [0, 0.1) is 5.82 Å². The number of ether oxygens (including phenoxy) is 1. The van der Waals surface area contributed by atoms with Gasteiger partial charge in [0.2, 0.25) is 15.9 Å². The molecule has 0 heterocycles. The average Bonchev–Trinajstić information content (AvgIpc) is 2.55. The lowest BCUT2D eigenvalue weighted by molar-refractivity contribution is -0.121. The number of carbonyl (C=O) groups excluding carboxylic acids is 1. The van der Waals surface area contributed by atoms with Crippen molar-refractivity contribution < 1.29 is 22.3 Å². The van der Waals surface area contributed by atoms with Crippen LogP contribution < -0.4 is 14.8 Å². The van der Waals surface area contributed by atoms with Crippen molar-refractivity contribution in [1.82, 2.24) is 4.72 Å². The Morgan fingerprint density at radius 3 is 2.19 bits per heavy atom. The molecule has 0 bridgehead atoms. The van der Waals surface area contributed by atoms with Gasteiger partial charge in [-0.05, 0) is 55.8 Å². The topological polar surface area (TPSA) is 84.5 Å². The number of benzene rings is 2. The maximum Gasteiger partial charge on any atom is 0.249 e. The third-order valence-corrected chi connectivity index (χ3v) is 4.47. The predicted molar refractivity (Wildman–Crippen MR) is 98.0 cm³/mol. The SMILES string of the molecule is CCOc1ccc(NC(=O)[C@](C)(NS(C)(=O)=O)c2ccc(F)cc2)cc1. The van der Waals surface area contributed by atoms with Crippen molar-refractivity contribution >= 4 is 21.6 Å². The number of nitrogens with one attached hydrogen (secondary N) is 2. The molecule has 0 saturated carbocycles. The monoisotopic (exact) mass is 380 g/mol. The molecule has 140 valence electrons. The van der Waals surface area contributed by atoms with E-state index in [1.807, 2.05) is 6.92 Å². The summed E-state index contributed by atoms with van der Waals surface area (Å²) in [6, 6.07) is 11.7. The molecule has 8 heteroatoms. The lowest BCUT2D eigenvalue weighted by Crippen LogP contribution is -2.51. The van der Waals surface area contributed by atoms with Gasteiger partial charge in [-0.2, -0.15) is 4.72 Å². The van der Waals surface area contributed by atoms with Crippen molar-refractivity contribution in [3.63, 3.8) is 0 Å². The predicted octanol–water partition coefficient (Wildman–Crippen LogP) is 2.63. The standard InChI is InChI=1S/C18H21FN2O4S/c1-4-25-16-11-9-15(10-12-16)20-17(22)18(2,21-26(3,23)24)13-5-7-14(19)8-6-13/h5-12,21H,4H2,1-3H3,(H,20,22)/t18-/m1/s1. The first-order valence-electron chi connectivity index (χ1n) is 7.93. The third kappa shape index (κ3) is 5.03. The molecule has 2 aromatic carbocycles. The number of rotatable bonds is 7. The fourth-order valence-corrected chi connectivity index (χ4v) is 3.40. The van der Waals surface area contributed by atoms with E-state index in [1.54, 1.807) is 24.3 Å². The fraction of sp³-hybridized carbons (Fsp3) is 0.278. The van der Waals surface area contributed by atoms with Crippen LogP contribution in [0.1, 0.15) is 19.4 Å². The minimum atomic E-state index is -3.72. The number of hydrogen-bond donors (Lipinski definition) is 2. The van der Waals surface area contributed by atoms with Gasteiger partial charge < -0.3 is 10.1 Å². The Labute approximate surface area is 152 Å². The molecule has 2 N–H and O–H groups in total. The van der Waals surface area contributed by atoms with E-state index < -0.39 is 27.3 Å². The van der Waals surface area contributed by atoms with E-state index >= 15 is 0 Å². The third-order valence-electron chi connectivity index (χ3n) is 3.69. The molecule has 26 heavy (non-hydrogen) atoms. The summed E-state index contributed by atoms with van der Waals surface area (Å²) in [7, 11) is -3.72. The molecule has 0 unspecified atom stereocenters. The van der Waals surface area contributed by atoms with Crippen LogP contribution in [-0.4, -0.2) is 27.2 Å². The van der Waals surface area contributed by atoms with Gasteiger partial charge in [0, 0.05) is 5.69 Å². The molecule has 0 spiro atoms. The molecule has 0 aliphatic heterocycles. The van der Waals surface area contributed by atoms with E-state index in [-0.39, 0.29) is 0 Å². The highest BCUT2D eigenvalue weighted by molar-refractivity contribution is 7.88. The summed E-state index contributed by atoms with van der Waals surface area (Å²) in [5.74, 6) is -0.429. The van der Waals surface area contributed by atoms with Crippen LogP contribution in [0.5, 0.6) is 5.75 Å². The summed E-state index contributed by atoms with van der Waals surface area (Å²) in [6.07, 6.45) is 0.957. The summed E-state index contributed by atoms with van der Waals surface area (Å²) >= 11 is 0. The second-order valence-electron chi connectivity index (χ2n) is 5.92. The Morgan fingerprint density at radius 1 is 1.12 bits per heavy atom. The first kappa shape index (κ1) is 19.9. The summed E-state index contributed by atoms with van der Waals surface area (Å²) in [6.45, 7) is 3.80. The zero-order chi connectivity index (χ0) is 19.4. The first-order valence-corrected chi connectivity index (χ1v) is 9.82. The lowest BCUT2D eigenvalue weighted by Gasteiger charge is -2.29. The molecular weight excluding hydrogens is 359 g/mol. The first-order chi connectivity index (χ1) is 12.1. The van der Waals surface area contributed by atoms with E-state index in [2.05, 4.69) is 10.0 Å². The minimum Gasteiger partial charge on any atom is -0.494 e. The van der Waals surface area contributed by atoms with Gasteiger partial charge in [-0.25, -0.2) is 12.8 Å². The highest BCUT2D eigenvalue weighted by atomic mass is 32.2. The molecule has 0 aromatic heterocycles. The number of sulfonamides is 1. The van der Waals surface area contributed by atoms with Gasteiger partial charge in [0.25, 0.3) is 0 Å². The number of carbonyl (C=O) groups is 1. The summed E-state index contributed by atoms with van der Waals surface area (Å²) < 4.78 is 44.4. The summed E-state index contributed by atoms with van der Waals surface area (Å²) in [5.41, 5.74) is -0.824. The molecule has 1 amide bonds. The molecule has 0 aliphatic carbocycles. The maximum atomic E-state index is 13.2. The molecule has 0 radical (unpaired) electrons. The van der Waals surface area contributed by atoms with E-state index in [0.29, 0.717) is 23.6 Å². The largest absolute Gasteiger partial charge is 0.494 e. The van der Waals surface area contributed by atoms with E-state index in [9.17, 15) is 17.6 Å². The summed E-state index contributed by atoms with van der Waals surface area (Å²) in [5, 5.41) is 2.67. The van der Waals surface area contributed by atoms with Gasteiger partial charge in [-0.3, -0.25) is 4.79 Å². The molecule has 2 rings (SSSR count). The normalized spacial score (nSPS) is 13.7. The lowest BCUT2D eigenvalue weighted by atomic mass is 9.92. The molecule has 2 aromatic rings. The quantitative estimate of drug-likeness (QED) is 0.773. The van der Waals surface area contributed by atoms with E-state index in [0.717, 1.165) is 6.26 Å². The second-order valence-corrected chi connectivity index (χ2v) is 7.67. The maximum absolute atomic E-state index is 13.2. The van der Waals surface area contributed by atoms with Crippen molar-refractivity contribution in [3.05, 3.63) is 59.9 Å². The number of anilines is 1. The second kappa shape index (κ2) is 7.84. The molecular formula is C18H21FN2O4S. The van der Waals surface area contributed by atoms with Crippen molar-refractivity contribution in [3.8, 4) is 5.75 Å². The highest BCUT2D eigenvalue weighted by Crippen LogP contribution is 2.25. The fourth-order valence-electron chi connectivity index (χ4n) is 2.45. The number of hydrogen-bond acceptors (Lipinski definition) is 4. The van der Waals surface area contributed by atoms with Crippen LogP contribution in [0.4, 0.5) is 10.1 Å². The Kier molecular flexibility index (Phi) is 5.99. The molecule has 1 atom stereocenters. The van der Waals surface area contributed by atoms with Gasteiger partial charge in [0.05, 0.1) is 12.9 Å². The Hall–Kier alpha value is -2.45. The molecule has 0 aliphatic rings. The zero-order valence-corrected chi connectivity index (χ0v) is 15.6. The van der Waals surface area contributed by atoms with Crippen LogP contribution in [0.3, 0.4) is 0 Å². The van der Waals surface area contributed by atoms with Crippen LogP contribution in [0.2, 0.25) is 0 Å². The number of halogens is 1. The van der Waals surface area contributed by atoms with Crippen LogP contribution in [0.15, 0.2) is 48.5 Å². The Morgan fingerprint density at radius 2 is 1.69 bits per heavy atom. The van der Waals surface area contributed by atoms with Gasteiger partial charge in [-0.15, -0.1) is 0 Å². The van der Waals surface area contributed by atoms with Crippen molar-refractivity contribution in [2.75, 3.05) is 18.2 Å². The van der Waals surface area contributed by atoms with Crippen molar-refractivity contribution in [1.29, 1.82) is 0 Å². The van der Waals surface area contributed by atoms with Crippen LogP contribution in [-0.2, 0) is 20.4 Å². The van der Waals surface area contributed by atoms with Gasteiger partial charge in [-0.1, -0.05) is 12.1 Å². The number of amides is 1. The van der Waals surface area contributed by atoms with Crippen molar-refractivity contribution in [2.45, 2.75) is 19.4 Å². The van der Waals surface area contributed by atoms with Crippen LogP contribution in [0.25, 0.3) is 0 Å². The van der Waals surface area contributed by atoms with Gasteiger partial charge in [0.1, 0.15) is 17.1 Å². The highest BCUT2D eigenvalue weighted by Gasteiger charge is 2.38. The van der Waals surface area contributed by atoms with Crippen LogP contribution >= 0.6 is 0 Å². The minimum absolute atomic E-state index is 0.313. The zero-order valence-electron chi connectivity index (χ0n) is 14.7. The summed E-state index contributed by atoms with van der Waals surface area (Å²) in [4.78, 5) is 12.8. The van der Waals surface area contributed by atoms with Gasteiger partial charge >= 0.3 is 0 Å². The van der Waals surface area contributed by atoms with Crippen molar-refractivity contribution in [2.24, 2.45) is 0 Å². The smallest absolute Gasteiger partial charge is 0.249 e. The Bertz CT molecular complexity index is 867. The van der Waals surface area contributed by atoms with Gasteiger partial charge in [0.15, 0.2) is 0 Å². The Balaban J connectivity index is 2.32. The molecule has 0 saturated heterocycles. The van der Waals surface area contributed by atoms with E-state index in [4.69, 9.17) is 4.74 Å².